The quantitative estimate of drug-likeness (QED) is 0.205. The topological polar surface area (TPSA) is 126 Å². The van der Waals surface area contributed by atoms with Crippen molar-refractivity contribution in [1.82, 2.24) is 14.9 Å². The number of aromatic amines is 1. The SMILES string of the molecule is COC(=O)Nc1ccc2c(c1)NC(=O)CC/C=C/CC(N1CCC(C)(c3c(F)ccc(Cl)c3F)OC1=O)c1nc-2c(Cl)[nH]1. The minimum Gasteiger partial charge on any atom is -0.453 e. The number of amides is 3. The van der Waals surface area contributed by atoms with Crippen LogP contribution in [0.25, 0.3) is 11.3 Å². The maximum absolute atomic E-state index is 14.9. The molecule has 3 aromatic rings. The predicted molar refractivity (Wildman–Crippen MR) is 156 cm³/mol. The van der Waals surface area contributed by atoms with Gasteiger partial charge in [0.05, 0.1) is 29.4 Å². The highest BCUT2D eigenvalue weighted by atomic mass is 35.5. The van der Waals surface area contributed by atoms with Crippen LogP contribution in [0.1, 0.15) is 50.0 Å². The van der Waals surface area contributed by atoms with Gasteiger partial charge in [0.2, 0.25) is 5.91 Å². The summed E-state index contributed by atoms with van der Waals surface area (Å²) in [6.45, 7) is 1.52. The van der Waals surface area contributed by atoms with Crippen molar-refractivity contribution < 1.29 is 32.6 Å². The number of hydrogen-bond donors (Lipinski definition) is 3. The minimum atomic E-state index is -1.60. The van der Waals surface area contributed by atoms with Crippen LogP contribution in [0, 0.1) is 11.6 Å². The van der Waals surface area contributed by atoms with Crippen LogP contribution < -0.4 is 10.6 Å². The Bertz CT molecular complexity index is 1630. The van der Waals surface area contributed by atoms with E-state index in [0.717, 1.165) is 12.1 Å². The van der Waals surface area contributed by atoms with Crippen LogP contribution in [0.3, 0.4) is 0 Å². The van der Waals surface area contributed by atoms with Crippen LogP contribution in [-0.4, -0.2) is 46.6 Å². The Balaban J connectivity index is 1.50. The summed E-state index contributed by atoms with van der Waals surface area (Å²) in [4.78, 5) is 47.1. The molecule has 1 fully saturated rings. The zero-order valence-corrected chi connectivity index (χ0v) is 24.6. The van der Waals surface area contributed by atoms with Crippen molar-refractivity contribution in [3.05, 3.63) is 75.7 Å². The van der Waals surface area contributed by atoms with E-state index < -0.39 is 41.0 Å². The van der Waals surface area contributed by atoms with Gasteiger partial charge in [0, 0.05) is 30.6 Å². The van der Waals surface area contributed by atoms with Crippen molar-refractivity contribution >= 4 is 52.7 Å². The number of fused-ring (bicyclic) bond motifs is 4. The predicted octanol–water partition coefficient (Wildman–Crippen LogP) is 7.32. The summed E-state index contributed by atoms with van der Waals surface area (Å²) in [5.74, 6) is -1.80. The Hall–Kier alpha value is -4.16. The minimum absolute atomic E-state index is 0.0612. The van der Waals surface area contributed by atoms with Crippen molar-refractivity contribution in [1.29, 1.82) is 0 Å². The number of imidazole rings is 1. The summed E-state index contributed by atoms with van der Waals surface area (Å²) >= 11 is 12.5. The number of methoxy groups -OCH3 is 1. The number of benzene rings is 2. The third kappa shape index (κ3) is 6.16. The van der Waals surface area contributed by atoms with Crippen molar-refractivity contribution in [3.63, 3.8) is 0 Å². The number of allylic oxidation sites excluding steroid dienone is 1. The number of carbonyl (C=O) groups excluding carboxylic acids is 3. The van der Waals surface area contributed by atoms with Gasteiger partial charge < -0.3 is 19.8 Å². The van der Waals surface area contributed by atoms with Crippen molar-refractivity contribution in [2.24, 2.45) is 0 Å². The van der Waals surface area contributed by atoms with Crippen LogP contribution in [-0.2, 0) is 19.9 Å². The van der Waals surface area contributed by atoms with E-state index in [-0.39, 0.29) is 41.9 Å². The van der Waals surface area contributed by atoms with Gasteiger partial charge in [-0.05, 0) is 50.1 Å². The van der Waals surface area contributed by atoms with Gasteiger partial charge in [0.25, 0.3) is 0 Å². The van der Waals surface area contributed by atoms with Crippen LogP contribution in [0.5, 0.6) is 0 Å². The first kappa shape index (κ1) is 30.3. The van der Waals surface area contributed by atoms with Crippen molar-refractivity contribution in [2.75, 3.05) is 24.3 Å². The molecule has 10 nitrogen and oxygen atoms in total. The lowest BCUT2D eigenvalue weighted by atomic mass is 9.89. The molecule has 3 heterocycles. The maximum atomic E-state index is 14.9. The highest BCUT2D eigenvalue weighted by molar-refractivity contribution is 6.32. The van der Waals surface area contributed by atoms with Gasteiger partial charge in [-0.25, -0.2) is 23.4 Å². The molecule has 226 valence electrons. The molecule has 2 aliphatic heterocycles. The van der Waals surface area contributed by atoms with Crippen LogP contribution in [0.4, 0.5) is 29.7 Å². The molecule has 1 saturated heterocycles. The van der Waals surface area contributed by atoms with Gasteiger partial charge in [0.1, 0.15) is 28.1 Å². The van der Waals surface area contributed by atoms with Gasteiger partial charge in [-0.2, -0.15) is 0 Å². The molecule has 0 radical (unpaired) electrons. The summed E-state index contributed by atoms with van der Waals surface area (Å²) in [5.41, 5.74) is -0.547. The molecule has 14 heteroatoms. The average Bonchev–Trinajstić information content (AvgIpc) is 3.34. The smallest absolute Gasteiger partial charge is 0.411 e. The first-order valence-corrected chi connectivity index (χ1v) is 14.1. The molecule has 0 saturated carbocycles. The standard InChI is InChI=1S/C29H27Cl2F2N5O5/c1-29(22-18(32)11-10-17(30)23(22)33)12-13-38(28(41)43-29)20-6-4-3-5-7-21(39)35-19-14-15(34-27(40)42-2)8-9-16(19)24-25(31)37-26(20)36-24/h3-4,8-11,14,20H,5-7,12-13H2,1-2H3,(H,34,40)(H,35,39)(H,36,37)/b4-3+. The summed E-state index contributed by atoms with van der Waals surface area (Å²) in [6, 6.07) is 6.23. The van der Waals surface area contributed by atoms with E-state index in [2.05, 4.69) is 20.4 Å². The number of anilines is 2. The zero-order valence-electron chi connectivity index (χ0n) is 23.1. The summed E-state index contributed by atoms with van der Waals surface area (Å²) in [6.07, 6.45) is 3.05. The number of rotatable bonds is 3. The number of cyclic esters (lactones) is 1. The Kier molecular flexibility index (Phi) is 8.61. The molecule has 2 aliphatic rings. The van der Waals surface area contributed by atoms with E-state index in [0.29, 0.717) is 34.9 Å². The third-order valence-electron chi connectivity index (χ3n) is 7.36. The number of carbonyl (C=O) groups is 3. The van der Waals surface area contributed by atoms with Crippen LogP contribution >= 0.6 is 23.2 Å². The molecule has 2 atom stereocenters. The highest BCUT2D eigenvalue weighted by Gasteiger charge is 2.45. The number of aromatic nitrogens is 2. The largest absolute Gasteiger partial charge is 0.453 e. The lowest BCUT2D eigenvalue weighted by molar-refractivity contribution is -0.116. The zero-order chi connectivity index (χ0) is 30.9. The van der Waals surface area contributed by atoms with Crippen LogP contribution in [0.15, 0.2) is 42.5 Å². The molecule has 1 aromatic heterocycles. The molecule has 0 aliphatic carbocycles. The van der Waals surface area contributed by atoms with Gasteiger partial charge in [-0.1, -0.05) is 35.4 Å². The molecule has 2 bridgehead atoms. The summed E-state index contributed by atoms with van der Waals surface area (Å²) in [5, 5.41) is 5.26. The molecule has 43 heavy (non-hydrogen) atoms. The van der Waals surface area contributed by atoms with Gasteiger partial charge in [0.15, 0.2) is 5.82 Å². The van der Waals surface area contributed by atoms with Crippen LogP contribution in [0.2, 0.25) is 10.2 Å². The first-order valence-electron chi connectivity index (χ1n) is 13.3. The number of ether oxygens (including phenoxy) is 2. The number of hydrogen-bond acceptors (Lipinski definition) is 6. The third-order valence-corrected chi connectivity index (χ3v) is 7.93. The Morgan fingerprint density at radius 1 is 1.21 bits per heavy atom. The molecular formula is C29H27Cl2F2N5O5. The highest BCUT2D eigenvalue weighted by Crippen LogP contribution is 2.42. The molecule has 2 unspecified atom stereocenters. The second-order valence-electron chi connectivity index (χ2n) is 10.2. The first-order chi connectivity index (χ1) is 20.5. The fourth-order valence-corrected chi connectivity index (χ4v) is 5.56. The van der Waals surface area contributed by atoms with E-state index in [1.54, 1.807) is 18.2 Å². The van der Waals surface area contributed by atoms with Gasteiger partial charge in [-0.3, -0.25) is 15.0 Å². The Morgan fingerprint density at radius 2 is 2.00 bits per heavy atom. The van der Waals surface area contributed by atoms with Gasteiger partial charge >= 0.3 is 12.2 Å². The number of halogens is 4. The average molecular weight is 634 g/mol. The normalized spacial score (nSPS) is 21.3. The fraction of sp³-hybridized carbons (Fsp3) is 0.310. The molecular weight excluding hydrogens is 607 g/mol. The van der Waals surface area contributed by atoms with Crippen molar-refractivity contribution in [3.8, 4) is 11.3 Å². The molecule has 3 amide bonds. The van der Waals surface area contributed by atoms with Crippen molar-refractivity contribution in [2.45, 2.75) is 44.2 Å². The van der Waals surface area contributed by atoms with E-state index in [1.807, 2.05) is 12.2 Å². The van der Waals surface area contributed by atoms with E-state index in [1.165, 1.54) is 18.9 Å². The maximum Gasteiger partial charge on any atom is 0.411 e. The second-order valence-corrected chi connectivity index (χ2v) is 11.0. The molecule has 2 aromatic carbocycles. The Morgan fingerprint density at radius 3 is 2.74 bits per heavy atom. The number of nitrogens with one attached hydrogen (secondary N) is 3. The molecule has 5 rings (SSSR count). The van der Waals surface area contributed by atoms with E-state index >= 15 is 0 Å². The number of nitrogens with zero attached hydrogens (tertiary/aromatic N) is 2. The van der Waals surface area contributed by atoms with Gasteiger partial charge in [-0.15, -0.1) is 0 Å². The summed E-state index contributed by atoms with van der Waals surface area (Å²) < 4.78 is 40.0. The lowest BCUT2D eigenvalue weighted by Crippen LogP contribution is -2.48. The monoisotopic (exact) mass is 633 g/mol. The van der Waals surface area contributed by atoms with E-state index in [9.17, 15) is 23.2 Å². The number of H-pyrrole nitrogens is 1. The lowest BCUT2D eigenvalue weighted by Gasteiger charge is -2.41. The fourth-order valence-electron chi connectivity index (χ4n) is 5.16. The summed E-state index contributed by atoms with van der Waals surface area (Å²) in [7, 11) is 1.23. The molecule has 0 spiro atoms. The van der Waals surface area contributed by atoms with E-state index in [4.69, 9.17) is 32.9 Å². The Labute approximate surface area is 255 Å². The second kappa shape index (κ2) is 12.2. The molecule has 3 N–H and O–H groups in total.